The van der Waals surface area contributed by atoms with Crippen molar-refractivity contribution in [3.05, 3.63) is 29.3 Å². The molecule has 1 atom stereocenters. The van der Waals surface area contributed by atoms with E-state index in [2.05, 4.69) is 0 Å². The number of nitrogen functional groups attached to an aromatic ring is 1. The Bertz CT molecular complexity index is 503. The van der Waals surface area contributed by atoms with Gasteiger partial charge in [0.15, 0.2) is 0 Å². The highest BCUT2D eigenvalue weighted by molar-refractivity contribution is 5.97. The molecule has 1 aromatic rings. The molecular weight excluding hydrogens is 283 g/mol. The van der Waals surface area contributed by atoms with Gasteiger partial charge in [0.25, 0.3) is 0 Å². The minimum atomic E-state index is -4.55. The number of nitrogens with one attached hydrogen (secondary N) is 1. The van der Waals surface area contributed by atoms with Crippen molar-refractivity contribution in [3.63, 3.8) is 0 Å². The molecule has 1 aromatic carbocycles. The van der Waals surface area contributed by atoms with E-state index in [0.717, 1.165) is 6.07 Å². The molecule has 1 rings (SSSR count). The van der Waals surface area contributed by atoms with Crippen LogP contribution in [0.1, 0.15) is 25.0 Å². The number of alkyl halides is 3. The van der Waals surface area contributed by atoms with Crippen molar-refractivity contribution in [1.29, 1.82) is 5.41 Å². The third-order valence-electron chi connectivity index (χ3n) is 3.21. The first-order chi connectivity index (χ1) is 9.72. The normalized spacial score (nSPS) is 13.0. The summed E-state index contributed by atoms with van der Waals surface area (Å²) in [6.45, 7) is 4.68. The average molecular weight is 303 g/mol. The molecule has 0 aromatic heterocycles. The summed E-state index contributed by atoms with van der Waals surface area (Å²) in [5.41, 5.74) is 4.46. The summed E-state index contributed by atoms with van der Waals surface area (Å²) < 4.78 is 44.4. The van der Waals surface area contributed by atoms with Crippen LogP contribution in [-0.2, 0) is 10.9 Å². The van der Waals surface area contributed by atoms with E-state index < -0.39 is 17.6 Å². The molecule has 0 saturated heterocycles. The molecule has 0 spiro atoms. The second kappa shape index (κ2) is 6.80. The van der Waals surface area contributed by atoms with Crippen molar-refractivity contribution in [2.75, 3.05) is 25.2 Å². The van der Waals surface area contributed by atoms with E-state index in [4.69, 9.17) is 15.9 Å². The summed E-state index contributed by atoms with van der Waals surface area (Å²) in [6, 6.07) is 3.75. The van der Waals surface area contributed by atoms with Gasteiger partial charge in [-0.05, 0) is 32.0 Å². The van der Waals surface area contributed by atoms with E-state index in [1.165, 1.54) is 6.07 Å². The Morgan fingerprint density at radius 3 is 2.48 bits per heavy atom. The largest absolute Gasteiger partial charge is 0.417 e. The summed E-state index contributed by atoms with van der Waals surface area (Å²) >= 11 is 0. The number of nitrogens with zero attached hydrogens (tertiary/aromatic N) is 1. The topological polar surface area (TPSA) is 62.3 Å². The molecule has 21 heavy (non-hydrogen) atoms. The highest BCUT2D eigenvalue weighted by Gasteiger charge is 2.35. The van der Waals surface area contributed by atoms with E-state index in [1.807, 2.05) is 18.7 Å². The third-order valence-corrected chi connectivity index (χ3v) is 3.21. The van der Waals surface area contributed by atoms with Crippen molar-refractivity contribution < 1.29 is 17.9 Å². The molecule has 0 heterocycles. The SMILES string of the molecule is CCN(c1ccc(C(=N)N)c(C(F)(F)F)c1)C(C)COC. The third kappa shape index (κ3) is 4.10. The van der Waals surface area contributed by atoms with Gasteiger partial charge < -0.3 is 15.4 Å². The summed E-state index contributed by atoms with van der Waals surface area (Å²) in [5, 5.41) is 7.27. The van der Waals surface area contributed by atoms with E-state index in [1.54, 1.807) is 13.2 Å². The maximum absolute atomic E-state index is 13.1. The molecule has 0 aliphatic rings. The Morgan fingerprint density at radius 1 is 1.43 bits per heavy atom. The van der Waals surface area contributed by atoms with Crippen LogP contribution in [0.4, 0.5) is 18.9 Å². The average Bonchev–Trinajstić information content (AvgIpc) is 2.38. The Labute approximate surface area is 122 Å². The standard InChI is InChI=1S/C14H20F3N3O/c1-4-20(9(2)8-21-3)10-5-6-11(13(18)19)12(7-10)14(15,16)17/h5-7,9H,4,8H2,1-3H3,(H3,18,19). The number of hydrogen-bond donors (Lipinski definition) is 2. The van der Waals surface area contributed by atoms with Crippen LogP contribution in [0.25, 0.3) is 0 Å². The van der Waals surface area contributed by atoms with Gasteiger partial charge in [-0.2, -0.15) is 13.2 Å². The van der Waals surface area contributed by atoms with Crippen LogP contribution in [0.2, 0.25) is 0 Å². The van der Waals surface area contributed by atoms with Gasteiger partial charge in [-0.1, -0.05) is 0 Å². The fraction of sp³-hybridized carbons (Fsp3) is 0.500. The first-order valence-corrected chi connectivity index (χ1v) is 6.53. The first-order valence-electron chi connectivity index (χ1n) is 6.53. The number of methoxy groups -OCH3 is 1. The number of ether oxygens (including phenoxy) is 1. The quantitative estimate of drug-likeness (QED) is 0.627. The Kier molecular flexibility index (Phi) is 5.60. The number of benzene rings is 1. The first kappa shape index (κ1) is 17.3. The van der Waals surface area contributed by atoms with Crippen molar-refractivity contribution in [2.45, 2.75) is 26.1 Å². The molecule has 0 radical (unpaired) electrons. The fourth-order valence-electron chi connectivity index (χ4n) is 2.26. The van der Waals surface area contributed by atoms with E-state index in [-0.39, 0.29) is 11.6 Å². The zero-order valence-electron chi connectivity index (χ0n) is 12.3. The molecule has 1 unspecified atom stereocenters. The molecule has 118 valence electrons. The van der Waals surface area contributed by atoms with Crippen molar-refractivity contribution in [2.24, 2.45) is 5.73 Å². The van der Waals surface area contributed by atoms with E-state index in [0.29, 0.717) is 18.8 Å². The minimum absolute atomic E-state index is 0.0655. The number of nitrogens with two attached hydrogens (primary N) is 1. The maximum Gasteiger partial charge on any atom is 0.417 e. The molecule has 4 nitrogen and oxygen atoms in total. The zero-order chi connectivity index (χ0) is 16.2. The molecule has 3 N–H and O–H groups in total. The lowest BCUT2D eigenvalue weighted by Crippen LogP contribution is -2.36. The maximum atomic E-state index is 13.1. The number of hydrogen-bond acceptors (Lipinski definition) is 3. The van der Waals surface area contributed by atoms with Crippen LogP contribution >= 0.6 is 0 Å². The van der Waals surface area contributed by atoms with E-state index >= 15 is 0 Å². The lowest BCUT2D eigenvalue weighted by atomic mass is 10.0. The number of anilines is 1. The molecule has 0 aliphatic carbocycles. The lowest BCUT2D eigenvalue weighted by Gasteiger charge is -2.30. The highest BCUT2D eigenvalue weighted by Crippen LogP contribution is 2.35. The van der Waals surface area contributed by atoms with E-state index in [9.17, 15) is 13.2 Å². The summed E-state index contributed by atoms with van der Waals surface area (Å²) in [4.78, 5) is 1.81. The van der Waals surface area contributed by atoms with Crippen LogP contribution in [0.5, 0.6) is 0 Å². The van der Waals surface area contributed by atoms with Crippen LogP contribution in [0.15, 0.2) is 18.2 Å². The minimum Gasteiger partial charge on any atom is -0.384 e. The zero-order valence-corrected chi connectivity index (χ0v) is 12.3. The fourth-order valence-corrected chi connectivity index (χ4v) is 2.26. The summed E-state index contributed by atoms with van der Waals surface area (Å²) in [5.74, 6) is -0.595. The smallest absolute Gasteiger partial charge is 0.384 e. The lowest BCUT2D eigenvalue weighted by molar-refractivity contribution is -0.137. The second-order valence-corrected chi connectivity index (χ2v) is 4.73. The Morgan fingerprint density at radius 2 is 2.05 bits per heavy atom. The van der Waals surface area contributed by atoms with Gasteiger partial charge in [-0.3, -0.25) is 5.41 Å². The Hall–Kier alpha value is -1.76. The van der Waals surface area contributed by atoms with Gasteiger partial charge in [-0.25, -0.2) is 0 Å². The molecule has 0 bridgehead atoms. The number of halogens is 3. The van der Waals surface area contributed by atoms with Gasteiger partial charge in [0, 0.05) is 30.9 Å². The van der Waals surface area contributed by atoms with Crippen molar-refractivity contribution in [1.82, 2.24) is 0 Å². The summed E-state index contributed by atoms with van der Waals surface area (Å²) in [6.07, 6.45) is -4.55. The molecular formula is C14H20F3N3O. The second-order valence-electron chi connectivity index (χ2n) is 4.73. The molecule has 0 aliphatic heterocycles. The molecule has 7 heteroatoms. The number of likely N-dealkylation sites (N-methyl/N-ethyl adjacent to an activating group) is 1. The number of amidine groups is 1. The highest BCUT2D eigenvalue weighted by atomic mass is 19.4. The predicted octanol–water partition coefficient (Wildman–Crippen LogP) is 2.85. The Balaban J connectivity index is 3.29. The van der Waals surface area contributed by atoms with Gasteiger partial charge in [0.2, 0.25) is 0 Å². The summed E-state index contributed by atoms with van der Waals surface area (Å²) in [7, 11) is 1.55. The van der Waals surface area contributed by atoms with Crippen LogP contribution in [0.3, 0.4) is 0 Å². The predicted molar refractivity (Wildman–Crippen MR) is 76.8 cm³/mol. The molecule has 0 amide bonds. The van der Waals surface area contributed by atoms with Crippen LogP contribution in [0, 0.1) is 5.41 Å². The molecule has 0 fully saturated rings. The van der Waals surface area contributed by atoms with Crippen LogP contribution < -0.4 is 10.6 Å². The van der Waals surface area contributed by atoms with Crippen molar-refractivity contribution in [3.8, 4) is 0 Å². The van der Waals surface area contributed by atoms with Gasteiger partial charge in [0.1, 0.15) is 5.84 Å². The van der Waals surface area contributed by atoms with Gasteiger partial charge >= 0.3 is 6.18 Å². The molecule has 0 saturated carbocycles. The van der Waals surface area contributed by atoms with Gasteiger partial charge in [0.05, 0.1) is 12.2 Å². The monoisotopic (exact) mass is 303 g/mol. The van der Waals surface area contributed by atoms with Crippen molar-refractivity contribution >= 4 is 11.5 Å². The van der Waals surface area contributed by atoms with Gasteiger partial charge in [-0.15, -0.1) is 0 Å². The number of rotatable bonds is 6. The van der Waals surface area contributed by atoms with Crippen LogP contribution in [-0.4, -0.2) is 32.1 Å².